The predicted octanol–water partition coefficient (Wildman–Crippen LogP) is 4.64. The van der Waals surface area contributed by atoms with E-state index in [0.29, 0.717) is 17.2 Å². The highest BCUT2D eigenvalue weighted by Gasteiger charge is 2.26. The Morgan fingerprint density at radius 3 is 2.61 bits per heavy atom. The molecular weight excluding hydrogens is 352 g/mol. The Bertz CT molecular complexity index is 1020. The lowest BCUT2D eigenvalue weighted by molar-refractivity contribution is 0.101. The number of fused-ring (bicyclic) bond motifs is 1. The van der Waals surface area contributed by atoms with Crippen LogP contribution in [0, 0.1) is 6.92 Å². The van der Waals surface area contributed by atoms with Crippen molar-refractivity contribution in [1.82, 2.24) is 4.98 Å². The summed E-state index contributed by atoms with van der Waals surface area (Å²) in [6.45, 7) is 3.56. The second kappa shape index (κ2) is 7.23. The molecule has 0 amide bonds. The number of carbonyl (C=O) groups is 1. The minimum Gasteiger partial charge on any atom is -0.457 e. The van der Waals surface area contributed by atoms with Gasteiger partial charge in [0.1, 0.15) is 17.2 Å². The first-order valence-corrected chi connectivity index (χ1v) is 9.11. The summed E-state index contributed by atoms with van der Waals surface area (Å²) in [6, 6.07) is 17.6. The average molecular weight is 374 g/mol. The number of hydrogen-bond acceptors (Lipinski definition) is 6. The minimum atomic E-state index is -0.0901. The Labute approximate surface area is 164 Å². The topological polar surface area (TPSA) is 66.5 Å². The Hall–Kier alpha value is -3.54. The van der Waals surface area contributed by atoms with Gasteiger partial charge in [0, 0.05) is 38.0 Å². The van der Waals surface area contributed by atoms with Crippen molar-refractivity contribution in [1.29, 1.82) is 0 Å². The first-order valence-electron chi connectivity index (χ1n) is 9.11. The standard InChI is InChI=1S/C22H22N4O2/c1-14-4-6-16(7-5-14)24-22-25-20-13-17(8-9-21(20)26(22)3)28-18-10-11-23-19(12-18)15(2)27/h4-13,22,24-25H,1-3H3/t22-/m0/s1. The molecule has 2 heterocycles. The molecule has 0 saturated carbocycles. The van der Waals surface area contributed by atoms with E-state index in [1.807, 2.05) is 25.2 Å². The van der Waals surface area contributed by atoms with Crippen molar-refractivity contribution in [2.24, 2.45) is 0 Å². The predicted molar refractivity (Wildman–Crippen MR) is 111 cm³/mol. The van der Waals surface area contributed by atoms with E-state index in [4.69, 9.17) is 4.74 Å². The van der Waals surface area contributed by atoms with Crippen LogP contribution in [0.25, 0.3) is 0 Å². The van der Waals surface area contributed by atoms with Crippen molar-refractivity contribution < 1.29 is 9.53 Å². The smallest absolute Gasteiger partial charge is 0.178 e. The molecule has 0 aliphatic carbocycles. The van der Waals surface area contributed by atoms with E-state index < -0.39 is 0 Å². The highest BCUT2D eigenvalue weighted by Crippen LogP contribution is 2.37. The second-order valence-corrected chi connectivity index (χ2v) is 6.88. The lowest BCUT2D eigenvalue weighted by atomic mass is 10.2. The van der Waals surface area contributed by atoms with Crippen LogP contribution >= 0.6 is 0 Å². The van der Waals surface area contributed by atoms with Gasteiger partial charge >= 0.3 is 0 Å². The van der Waals surface area contributed by atoms with Gasteiger partial charge in [-0.25, -0.2) is 0 Å². The van der Waals surface area contributed by atoms with Crippen LogP contribution < -0.4 is 20.3 Å². The third kappa shape index (κ3) is 3.62. The van der Waals surface area contributed by atoms with Gasteiger partial charge in [-0.05, 0) is 37.3 Å². The van der Waals surface area contributed by atoms with Crippen molar-refractivity contribution in [2.75, 3.05) is 22.6 Å². The number of Topliss-reactive ketones (excluding diaryl/α,β-unsaturated/α-hetero) is 1. The van der Waals surface area contributed by atoms with Gasteiger partial charge in [-0.1, -0.05) is 17.7 Å². The third-order valence-corrected chi connectivity index (χ3v) is 4.71. The highest BCUT2D eigenvalue weighted by molar-refractivity contribution is 5.92. The molecular formula is C22H22N4O2. The summed E-state index contributed by atoms with van der Waals surface area (Å²) in [6.07, 6.45) is 1.52. The zero-order valence-corrected chi connectivity index (χ0v) is 16.1. The maximum atomic E-state index is 11.5. The number of aromatic nitrogens is 1. The van der Waals surface area contributed by atoms with Gasteiger partial charge in [0.05, 0.1) is 11.4 Å². The van der Waals surface area contributed by atoms with Gasteiger partial charge in [0.15, 0.2) is 12.1 Å². The number of aryl methyl sites for hydroxylation is 1. The van der Waals surface area contributed by atoms with Crippen LogP contribution in [-0.4, -0.2) is 24.1 Å². The third-order valence-electron chi connectivity index (χ3n) is 4.71. The molecule has 1 aliphatic heterocycles. The fourth-order valence-corrected chi connectivity index (χ4v) is 3.13. The number of anilines is 3. The molecule has 0 bridgehead atoms. The summed E-state index contributed by atoms with van der Waals surface area (Å²) in [5.74, 6) is 1.19. The van der Waals surface area contributed by atoms with Crippen molar-refractivity contribution in [3.63, 3.8) is 0 Å². The van der Waals surface area contributed by atoms with Crippen LogP contribution in [0.3, 0.4) is 0 Å². The number of pyridine rings is 1. The summed E-state index contributed by atoms with van der Waals surface area (Å²) in [7, 11) is 2.03. The summed E-state index contributed by atoms with van der Waals surface area (Å²) in [4.78, 5) is 17.7. The number of ketones is 1. The van der Waals surface area contributed by atoms with Gasteiger partial charge in [-0.3, -0.25) is 9.78 Å². The molecule has 1 aliphatic rings. The van der Waals surface area contributed by atoms with Crippen LogP contribution in [0.4, 0.5) is 17.1 Å². The fraction of sp³-hybridized carbons (Fsp3) is 0.182. The molecule has 0 radical (unpaired) electrons. The first-order chi connectivity index (χ1) is 13.5. The molecule has 0 spiro atoms. The molecule has 0 unspecified atom stereocenters. The number of nitrogens with one attached hydrogen (secondary N) is 2. The molecule has 6 heteroatoms. The fourth-order valence-electron chi connectivity index (χ4n) is 3.13. The average Bonchev–Trinajstić information content (AvgIpc) is 2.99. The lowest BCUT2D eigenvalue weighted by Gasteiger charge is -2.24. The normalized spacial score (nSPS) is 15.0. The Morgan fingerprint density at radius 2 is 1.86 bits per heavy atom. The zero-order valence-electron chi connectivity index (χ0n) is 16.1. The zero-order chi connectivity index (χ0) is 19.7. The van der Waals surface area contributed by atoms with Gasteiger partial charge in [-0.15, -0.1) is 0 Å². The molecule has 0 saturated heterocycles. The number of ether oxygens (including phenoxy) is 1. The minimum absolute atomic E-state index is 0.0572. The molecule has 4 rings (SSSR count). The largest absolute Gasteiger partial charge is 0.457 e. The Balaban J connectivity index is 1.50. The van der Waals surface area contributed by atoms with Crippen LogP contribution in [-0.2, 0) is 0 Å². The molecule has 28 heavy (non-hydrogen) atoms. The summed E-state index contributed by atoms with van der Waals surface area (Å²) < 4.78 is 5.93. The van der Waals surface area contributed by atoms with Gasteiger partial charge in [0.2, 0.25) is 0 Å². The molecule has 0 fully saturated rings. The first kappa shape index (κ1) is 17.9. The van der Waals surface area contributed by atoms with Crippen molar-refractivity contribution in [3.05, 3.63) is 72.1 Å². The van der Waals surface area contributed by atoms with E-state index in [1.165, 1.54) is 12.5 Å². The molecule has 6 nitrogen and oxygen atoms in total. The van der Waals surface area contributed by atoms with E-state index in [1.54, 1.807) is 18.3 Å². The number of nitrogens with zero attached hydrogens (tertiary/aromatic N) is 2. The molecule has 142 valence electrons. The Morgan fingerprint density at radius 1 is 1.11 bits per heavy atom. The van der Waals surface area contributed by atoms with Crippen LogP contribution in [0.2, 0.25) is 0 Å². The van der Waals surface area contributed by atoms with Crippen molar-refractivity contribution in [3.8, 4) is 11.5 Å². The van der Waals surface area contributed by atoms with E-state index >= 15 is 0 Å². The maximum Gasteiger partial charge on any atom is 0.178 e. The Kier molecular flexibility index (Phi) is 4.61. The maximum absolute atomic E-state index is 11.5. The van der Waals surface area contributed by atoms with Crippen LogP contribution in [0.15, 0.2) is 60.8 Å². The lowest BCUT2D eigenvalue weighted by Crippen LogP contribution is -2.39. The van der Waals surface area contributed by atoms with Gasteiger partial charge in [-0.2, -0.15) is 0 Å². The highest BCUT2D eigenvalue weighted by atomic mass is 16.5. The van der Waals surface area contributed by atoms with Gasteiger partial charge < -0.3 is 20.3 Å². The van der Waals surface area contributed by atoms with Crippen LogP contribution in [0.1, 0.15) is 23.0 Å². The van der Waals surface area contributed by atoms with E-state index in [0.717, 1.165) is 17.1 Å². The summed E-state index contributed by atoms with van der Waals surface area (Å²) in [5.41, 5.74) is 4.72. The number of benzene rings is 2. The van der Waals surface area contributed by atoms with E-state index in [2.05, 4.69) is 51.7 Å². The molecule has 3 aromatic rings. The number of hydrogen-bond donors (Lipinski definition) is 2. The summed E-state index contributed by atoms with van der Waals surface area (Å²) >= 11 is 0. The van der Waals surface area contributed by atoms with Crippen molar-refractivity contribution >= 4 is 22.8 Å². The van der Waals surface area contributed by atoms with E-state index in [-0.39, 0.29) is 12.1 Å². The second-order valence-electron chi connectivity index (χ2n) is 6.88. The van der Waals surface area contributed by atoms with Crippen LogP contribution in [0.5, 0.6) is 11.5 Å². The molecule has 2 N–H and O–H groups in total. The SMILES string of the molecule is CC(=O)c1cc(Oc2ccc3c(c2)N[C@H](Nc2ccc(C)cc2)N3C)ccn1. The quantitative estimate of drug-likeness (QED) is 0.634. The molecule has 1 aromatic heterocycles. The number of rotatable bonds is 5. The van der Waals surface area contributed by atoms with E-state index in [9.17, 15) is 4.79 Å². The molecule has 1 atom stereocenters. The van der Waals surface area contributed by atoms with Crippen molar-refractivity contribution in [2.45, 2.75) is 20.1 Å². The summed E-state index contributed by atoms with van der Waals surface area (Å²) in [5, 5.41) is 6.95. The van der Waals surface area contributed by atoms with Gasteiger partial charge in [0.25, 0.3) is 0 Å². The molecule has 2 aromatic carbocycles. The number of carbonyl (C=O) groups excluding carboxylic acids is 1. The monoisotopic (exact) mass is 374 g/mol.